The Bertz CT molecular complexity index is 1260. The van der Waals surface area contributed by atoms with Crippen molar-refractivity contribution < 1.29 is 26.4 Å². The Morgan fingerprint density at radius 3 is 2.24 bits per heavy atom. The van der Waals surface area contributed by atoms with Gasteiger partial charge in [-0.3, -0.25) is 4.79 Å². The highest BCUT2D eigenvalue weighted by Crippen LogP contribution is 2.31. The summed E-state index contributed by atoms with van der Waals surface area (Å²) < 4.78 is 66.7. The number of amides is 1. The summed E-state index contributed by atoms with van der Waals surface area (Å²) in [6, 6.07) is 19.7. The van der Waals surface area contributed by atoms with Crippen LogP contribution in [-0.4, -0.2) is 31.4 Å². The van der Waals surface area contributed by atoms with Crippen LogP contribution in [0, 0.1) is 6.92 Å². The first-order valence-electron chi connectivity index (χ1n) is 10.2. The van der Waals surface area contributed by atoms with Gasteiger partial charge in [-0.2, -0.15) is 22.6 Å². The molecule has 3 rings (SSSR count). The van der Waals surface area contributed by atoms with Crippen LogP contribution in [0.15, 0.2) is 88.9 Å². The number of carbonyl (C=O) groups is 1. The van der Waals surface area contributed by atoms with Gasteiger partial charge in [-0.05, 0) is 30.7 Å². The first-order valence-corrected chi connectivity index (χ1v) is 11.6. The fraction of sp³-hybridized carbons (Fsp3) is 0.167. The number of sulfonamides is 1. The summed E-state index contributed by atoms with van der Waals surface area (Å²) in [5.74, 6) is -0.799. The van der Waals surface area contributed by atoms with Crippen molar-refractivity contribution in [2.75, 3.05) is 6.54 Å². The highest BCUT2D eigenvalue weighted by Gasteiger charge is 2.32. The van der Waals surface area contributed by atoms with Crippen LogP contribution >= 0.6 is 0 Å². The maximum Gasteiger partial charge on any atom is 0.417 e. The molecule has 0 radical (unpaired) electrons. The number of halogens is 3. The van der Waals surface area contributed by atoms with Crippen molar-refractivity contribution in [2.24, 2.45) is 5.10 Å². The zero-order valence-electron chi connectivity index (χ0n) is 18.2. The third-order valence-electron chi connectivity index (χ3n) is 4.84. The molecule has 0 unspecified atom stereocenters. The maximum absolute atomic E-state index is 13.2. The van der Waals surface area contributed by atoms with Gasteiger partial charge < -0.3 is 0 Å². The normalized spacial score (nSPS) is 12.3. The molecule has 0 atom stereocenters. The summed E-state index contributed by atoms with van der Waals surface area (Å²) in [6.07, 6.45) is -3.71. The predicted octanol–water partition coefficient (Wildman–Crippen LogP) is 4.36. The van der Waals surface area contributed by atoms with Crippen molar-refractivity contribution in [3.05, 3.63) is 101 Å². The zero-order chi connectivity index (χ0) is 24.8. The number of rotatable bonds is 8. The summed E-state index contributed by atoms with van der Waals surface area (Å²) in [7, 11) is -4.04. The Balaban J connectivity index is 1.79. The molecule has 178 valence electrons. The van der Waals surface area contributed by atoms with E-state index in [1.165, 1.54) is 30.3 Å². The summed E-state index contributed by atoms with van der Waals surface area (Å²) in [5, 5.41) is 3.60. The van der Waals surface area contributed by atoms with E-state index < -0.39 is 34.2 Å². The van der Waals surface area contributed by atoms with Gasteiger partial charge in [0.2, 0.25) is 10.0 Å². The minimum absolute atomic E-state index is 0.0180. The molecular formula is C24H22F3N3O3S. The molecule has 3 aromatic rings. The lowest BCUT2D eigenvalue weighted by molar-refractivity contribution is -0.137. The number of nitrogens with one attached hydrogen (secondary N) is 1. The Morgan fingerprint density at radius 2 is 1.59 bits per heavy atom. The van der Waals surface area contributed by atoms with E-state index in [0.29, 0.717) is 5.56 Å². The van der Waals surface area contributed by atoms with E-state index >= 15 is 0 Å². The molecule has 10 heteroatoms. The van der Waals surface area contributed by atoms with Crippen LogP contribution in [-0.2, 0) is 27.5 Å². The molecular weight excluding hydrogens is 467 g/mol. The van der Waals surface area contributed by atoms with E-state index in [-0.39, 0.29) is 17.0 Å². The van der Waals surface area contributed by atoms with Gasteiger partial charge >= 0.3 is 6.18 Å². The van der Waals surface area contributed by atoms with E-state index in [1.807, 2.05) is 6.92 Å². The highest BCUT2D eigenvalue weighted by molar-refractivity contribution is 7.89. The molecule has 0 fully saturated rings. The van der Waals surface area contributed by atoms with Gasteiger partial charge in [0.1, 0.15) is 0 Å². The number of aryl methyl sites for hydroxylation is 1. The minimum Gasteiger partial charge on any atom is -0.272 e. The molecule has 34 heavy (non-hydrogen) atoms. The van der Waals surface area contributed by atoms with Gasteiger partial charge in [-0.15, -0.1) is 0 Å². The van der Waals surface area contributed by atoms with Crippen molar-refractivity contribution in [1.82, 2.24) is 9.73 Å². The number of benzene rings is 3. The quantitative estimate of drug-likeness (QED) is 0.377. The highest BCUT2D eigenvalue weighted by atomic mass is 32.2. The molecule has 0 heterocycles. The van der Waals surface area contributed by atoms with Crippen molar-refractivity contribution in [1.29, 1.82) is 0 Å². The van der Waals surface area contributed by atoms with E-state index in [2.05, 4.69) is 10.5 Å². The first-order chi connectivity index (χ1) is 16.1. The van der Waals surface area contributed by atoms with Crippen molar-refractivity contribution >= 4 is 22.1 Å². The maximum atomic E-state index is 13.2. The molecule has 0 bridgehead atoms. The number of hydrogen-bond acceptors (Lipinski definition) is 4. The summed E-state index contributed by atoms with van der Waals surface area (Å²) in [4.78, 5) is 12.5. The van der Waals surface area contributed by atoms with Gasteiger partial charge in [-0.1, -0.05) is 66.2 Å². The van der Waals surface area contributed by atoms with Crippen molar-refractivity contribution in [3.8, 4) is 0 Å². The third kappa shape index (κ3) is 6.52. The Morgan fingerprint density at radius 1 is 0.971 bits per heavy atom. The second-order valence-electron chi connectivity index (χ2n) is 7.45. The van der Waals surface area contributed by atoms with Gasteiger partial charge in [0.15, 0.2) is 0 Å². The summed E-state index contributed by atoms with van der Waals surface area (Å²) in [6.45, 7) is 1.16. The van der Waals surface area contributed by atoms with Crippen LogP contribution in [0.3, 0.4) is 0 Å². The second kappa shape index (κ2) is 10.6. The molecule has 0 aliphatic carbocycles. The van der Waals surface area contributed by atoms with Gasteiger partial charge in [0.25, 0.3) is 5.91 Å². The van der Waals surface area contributed by atoms with Crippen molar-refractivity contribution in [3.63, 3.8) is 0 Å². The summed E-state index contributed by atoms with van der Waals surface area (Å²) in [5.41, 5.74) is 2.52. The first kappa shape index (κ1) is 25.1. The minimum atomic E-state index is -4.58. The summed E-state index contributed by atoms with van der Waals surface area (Å²) >= 11 is 0. The Kier molecular flexibility index (Phi) is 7.85. The smallest absolute Gasteiger partial charge is 0.272 e. The van der Waals surface area contributed by atoms with E-state index in [9.17, 15) is 26.4 Å². The lowest BCUT2D eigenvalue weighted by atomic mass is 10.1. The SMILES string of the molecule is Cc1ccc(S(=O)(=O)N(CC(=O)NN=Cc2ccccc2C(F)(F)F)Cc2ccccc2)cc1. The van der Waals surface area contributed by atoms with Crippen LogP contribution in [0.5, 0.6) is 0 Å². The van der Waals surface area contributed by atoms with Crippen molar-refractivity contribution in [2.45, 2.75) is 24.5 Å². The van der Waals surface area contributed by atoms with Crippen LogP contribution in [0.25, 0.3) is 0 Å². The fourth-order valence-electron chi connectivity index (χ4n) is 3.11. The fourth-order valence-corrected chi connectivity index (χ4v) is 4.49. The lowest BCUT2D eigenvalue weighted by Gasteiger charge is -2.21. The molecule has 0 aromatic heterocycles. The topological polar surface area (TPSA) is 78.8 Å². The lowest BCUT2D eigenvalue weighted by Crippen LogP contribution is -2.39. The zero-order valence-corrected chi connectivity index (χ0v) is 19.0. The molecule has 6 nitrogen and oxygen atoms in total. The van der Waals surface area contributed by atoms with Crippen LogP contribution in [0.2, 0.25) is 0 Å². The third-order valence-corrected chi connectivity index (χ3v) is 6.65. The van der Waals surface area contributed by atoms with E-state index in [0.717, 1.165) is 22.1 Å². The number of carbonyl (C=O) groups excluding carboxylic acids is 1. The molecule has 1 amide bonds. The number of alkyl halides is 3. The molecule has 0 aliphatic rings. The Hall–Kier alpha value is -3.50. The monoisotopic (exact) mass is 489 g/mol. The van der Waals surface area contributed by atoms with Crippen LogP contribution in [0.4, 0.5) is 13.2 Å². The molecule has 0 spiro atoms. The second-order valence-corrected chi connectivity index (χ2v) is 9.39. The van der Waals surface area contributed by atoms with Crippen LogP contribution < -0.4 is 5.43 Å². The molecule has 0 saturated heterocycles. The van der Waals surface area contributed by atoms with Gasteiger partial charge in [0, 0.05) is 12.1 Å². The number of nitrogens with zero attached hydrogens (tertiary/aromatic N) is 2. The standard InChI is InChI=1S/C24H22F3N3O3S/c1-18-11-13-21(14-12-18)34(32,33)30(16-19-7-3-2-4-8-19)17-23(31)29-28-15-20-9-5-6-10-22(20)24(25,26)27/h2-15H,16-17H2,1H3,(H,29,31). The van der Waals surface area contributed by atoms with Gasteiger partial charge in [0.05, 0.1) is 23.2 Å². The molecule has 1 N–H and O–H groups in total. The molecule has 3 aromatic carbocycles. The largest absolute Gasteiger partial charge is 0.417 e. The number of hydrogen-bond donors (Lipinski definition) is 1. The average Bonchev–Trinajstić information content (AvgIpc) is 2.79. The van der Waals surface area contributed by atoms with Gasteiger partial charge in [-0.25, -0.2) is 13.8 Å². The van der Waals surface area contributed by atoms with Crippen LogP contribution in [0.1, 0.15) is 22.3 Å². The average molecular weight is 490 g/mol. The molecule has 0 aliphatic heterocycles. The molecule has 0 saturated carbocycles. The number of hydrazone groups is 1. The predicted molar refractivity (Wildman–Crippen MR) is 122 cm³/mol. The Labute approximate surface area is 195 Å². The van der Waals surface area contributed by atoms with E-state index in [4.69, 9.17) is 0 Å². The van der Waals surface area contributed by atoms with E-state index in [1.54, 1.807) is 42.5 Å².